The number of nitrogens with one attached hydrogen (secondary N) is 5. The number of carbonyl (C=O) groups excluding carboxylic acids is 5. The van der Waals surface area contributed by atoms with Crippen molar-refractivity contribution in [3.8, 4) is 0 Å². The predicted octanol–water partition coefficient (Wildman–Crippen LogP) is -0.634. The molecule has 0 aromatic carbocycles. The van der Waals surface area contributed by atoms with Crippen LogP contribution in [0.2, 0.25) is 0 Å². The highest BCUT2D eigenvalue weighted by atomic mass is 127. The number of halogens is 1. The SMILES string of the molecule is CCNC(=O)CNC(=O)C(C)NC(=O)CNC(=O)CCCCCNC(=O)/C=C\I=O. The number of rotatable bonds is 15. The average Bonchev–Trinajstić information content (AvgIpc) is 2.71. The molecule has 0 aromatic heterocycles. The van der Waals surface area contributed by atoms with E-state index in [4.69, 9.17) is 0 Å². The van der Waals surface area contributed by atoms with Gasteiger partial charge in [-0.3, -0.25) is 27.0 Å². The molecule has 0 aliphatic rings. The fraction of sp³-hybridized carbons (Fsp3) is 0.611. The van der Waals surface area contributed by atoms with E-state index < -0.39 is 39.0 Å². The van der Waals surface area contributed by atoms with Gasteiger partial charge in [-0.25, -0.2) is 0 Å². The molecule has 0 saturated heterocycles. The normalized spacial score (nSPS) is 11.4. The van der Waals surface area contributed by atoms with E-state index >= 15 is 0 Å². The first-order valence-electron chi connectivity index (χ1n) is 9.60. The Morgan fingerprint density at radius 2 is 1.57 bits per heavy atom. The fourth-order valence-electron chi connectivity index (χ4n) is 2.15. The Morgan fingerprint density at radius 3 is 2.23 bits per heavy atom. The Kier molecular flexibility index (Phi) is 16.1. The van der Waals surface area contributed by atoms with E-state index in [9.17, 15) is 27.0 Å². The Morgan fingerprint density at radius 1 is 0.867 bits per heavy atom. The number of carbonyl (C=O) groups is 5. The molecule has 1 unspecified atom stereocenters. The molecule has 0 aliphatic carbocycles. The zero-order valence-electron chi connectivity index (χ0n) is 17.2. The van der Waals surface area contributed by atoms with Gasteiger partial charge in [0, 0.05) is 29.7 Å². The lowest BCUT2D eigenvalue weighted by Gasteiger charge is -2.14. The van der Waals surface area contributed by atoms with Crippen LogP contribution in [0, 0.1) is 0 Å². The third-order valence-corrected chi connectivity index (χ3v) is 4.31. The Balaban J connectivity index is 3.84. The minimum absolute atomic E-state index is 0.175. The molecule has 5 amide bonds. The molecule has 0 spiro atoms. The zero-order valence-corrected chi connectivity index (χ0v) is 19.4. The summed E-state index contributed by atoms with van der Waals surface area (Å²) < 4.78 is 11.7. The number of likely N-dealkylation sites (N-methyl/N-ethyl adjacent to an activating group) is 1. The monoisotopic (exact) mass is 539 g/mol. The maximum atomic E-state index is 11.8. The molecular formula is C18H30IN5O6. The first-order chi connectivity index (χ1) is 14.3. The van der Waals surface area contributed by atoms with E-state index in [-0.39, 0.29) is 37.2 Å². The Hall–Kier alpha value is -2.38. The van der Waals surface area contributed by atoms with Gasteiger partial charge in [0.25, 0.3) is 0 Å². The van der Waals surface area contributed by atoms with Crippen LogP contribution in [-0.2, 0) is 27.0 Å². The maximum absolute atomic E-state index is 11.8. The number of hydrogen-bond acceptors (Lipinski definition) is 6. The number of unbranched alkanes of at least 4 members (excludes halogenated alkanes) is 2. The lowest BCUT2D eigenvalue weighted by molar-refractivity contribution is -0.130. The minimum Gasteiger partial charge on any atom is -0.355 e. The van der Waals surface area contributed by atoms with Crippen LogP contribution in [0.25, 0.3) is 0 Å². The number of hydrogen-bond donors (Lipinski definition) is 5. The van der Waals surface area contributed by atoms with Crippen LogP contribution >= 0.6 is 21.2 Å². The van der Waals surface area contributed by atoms with Crippen LogP contribution in [0.4, 0.5) is 0 Å². The van der Waals surface area contributed by atoms with E-state index in [2.05, 4.69) is 26.6 Å². The molecule has 0 bridgehead atoms. The molecular weight excluding hydrogens is 509 g/mol. The van der Waals surface area contributed by atoms with E-state index in [1.54, 1.807) is 6.92 Å². The standard InChI is InChI=1S/C18H30IN5O6/c1-3-20-16(27)11-23-18(29)13(2)24-17(28)12-22-14(25)7-5-4-6-10-21-15(26)8-9-19-30/h8-9,13H,3-7,10-12H2,1-2H3,(H,20,27)(H,21,26)(H,22,25)(H,23,29)(H,24,28)/b9-8-. The second-order valence-corrected chi connectivity index (χ2v) is 7.45. The topological polar surface area (TPSA) is 163 Å². The van der Waals surface area contributed by atoms with Crippen molar-refractivity contribution in [1.29, 1.82) is 0 Å². The Labute approximate surface area is 186 Å². The van der Waals surface area contributed by atoms with Crippen molar-refractivity contribution in [2.45, 2.75) is 45.6 Å². The van der Waals surface area contributed by atoms with Gasteiger partial charge in [0.1, 0.15) is 6.04 Å². The van der Waals surface area contributed by atoms with Gasteiger partial charge in [-0.1, -0.05) is 6.42 Å². The molecule has 12 heteroatoms. The smallest absolute Gasteiger partial charge is 0.244 e. The molecule has 0 saturated carbocycles. The molecule has 11 nitrogen and oxygen atoms in total. The van der Waals surface area contributed by atoms with Crippen LogP contribution in [-0.4, -0.2) is 61.8 Å². The second-order valence-electron chi connectivity index (χ2n) is 6.22. The van der Waals surface area contributed by atoms with E-state index in [1.165, 1.54) is 17.1 Å². The van der Waals surface area contributed by atoms with Gasteiger partial charge in [-0.2, -0.15) is 0 Å². The van der Waals surface area contributed by atoms with Gasteiger partial charge >= 0.3 is 0 Å². The van der Waals surface area contributed by atoms with Crippen molar-refractivity contribution < 1.29 is 27.0 Å². The van der Waals surface area contributed by atoms with Crippen molar-refractivity contribution in [1.82, 2.24) is 26.6 Å². The largest absolute Gasteiger partial charge is 0.355 e. The van der Waals surface area contributed by atoms with E-state index in [0.29, 0.717) is 25.9 Å². The number of amides is 5. The molecule has 0 aliphatic heterocycles. The van der Waals surface area contributed by atoms with Gasteiger partial charge in [0.15, 0.2) is 21.2 Å². The predicted molar refractivity (Wildman–Crippen MR) is 118 cm³/mol. The summed E-state index contributed by atoms with van der Waals surface area (Å²) in [5, 5.41) is 12.5. The quantitative estimate of drug-likeness (QED) is 0.106. The Bertz CT molecular complexity index is 641. The second kappa shape index (κ2) is 17.5. The van der Waals surface area contributed by atoms with Crippen LogP contribution in [0.1, 0.15) is 39.5 Å². The summed E-state index contributed by atoms with van der Waals surface area (Å²) >= 11 is -1.28. The summed E-state index contributed by atoms with van der Waals surface area (Å²) in [6.45, 7) is 3.73. The highest BCUT2D eigenvalue weighted by Gasteiger charge is 2.16. The molecule has 0 radical (unpaired) electrons. The van der Waals surface area contributed by atoms with Gasteiger partial charge in [-0.15, -0.1) is 0 Å². The fourth-order valence-corrected chi connectivity index (χ4v) is 2.62. The highest BCUT2D eigenvalue weighted by molar-refractivity contribution is 14.2. The lowest BCUT2D eigenvalue weighted by Crippen LogP contribution is -2.49. The molecule has 30 heavy (non-hydrogen) atoms. The first-order valence-corrected chi connectivity index (χ1v) is 11.7. The van der Waals surface area contributed by atoms with Crippen molar-refractivity contribution in [3.05, 3.63) is 10.2 Å². The van der Waals surface area contributed by atoms with Crippen molar-refractivity contribution in [2.75, 3.05) is 26.2 Å². The van der Waals surface area contributed by atoms with Crippen molar-refractivity contribution in [2.24, 2.45) is 0 Å². The van der Waals surface area contributed by atoms with Crippen molar-refractivity contribution in [3.63, 3.8) is 0 Å². The van der Waals surface area contributed by atoms with Gasteiger partial charge in [0.05, 0.1) is 13.1 Å². The van der Waals surface area contributed by atoms with Gasteiger partial charge in [0.2, 0.25) is 29.5 Å². The minimum atomic E-state index is -1.28. The van der Waals surface area contributed by atoms with Crippen LogP contribution in [0.3, 0.4) is 0 Å². The van der Waals surface area contributed by atoms with Crippen LogP contribution < -0.4 is 26.6 Å². The molecule has 0 aromatic rings. The lowest BCUT2D eigenvalue weighted by atomic mass is 10.2. The molecule has 0 fully saturated rings. The van der Waals surface area contributed by atoms with Gasteiger partial charge < -0.3 is 26.6 Å². The average molecular weight is 539 g/mol. The van der Waals surface area contributed by atoms with Crippen LogP contribution in [0.5, 0.6) is 0 Å². The maximum Gasteiger partial charge on any atom is 0.244 e. The molecule has 5 N–H and O–H groups in total. The summed E-state index contributed by atoms with van der Waals surface area (Å²) in [6.07, 6.45) is 3.50. The summed E-state index contributed by atoms with van der Waals surface area (Å²) in [5.41, 5.74) is 0. The van der Waals surface area contributed by atoms with Crippen molar-refractivity contribution >= 4 is 50.7 Å². The highest BCUT2D eigenvalue weighted by Crippen LogP contribution is 1.99. The molecule has 0 heterocycles. The van der Waals surface area contributed by atoms with Crippen LogP contribution in [0.15, 0.2) is 10.2 Å². The summed E-state index contributed by atoms with van der Waals surface area (Å²) in [4.78, 5) is 57.9. The van der Waals surface area contributed by atoms with E-state index in [0.717, 1.165) is 6.42 Å². The van der Waals surface area contributed by atoms with Gasteiger partial charge in [-0.05, 0) is 26.7 Å². The summed E-state index contributed by atoms with van der Waals surface area (Å²) in [5.74, 6) is -1.92. The third-order valence-electron chi connectivity index (χ3n) is 3.66. The summed E-state index contributed by atoms with van der Waals surface area (Å²) in [7, 11) is 0. The van der Waals surface area contributed by atoms with E-state index in [1.807, 2.05) is 0 Å². The zero-order chi connectivity index (χ0) is 22.8. The molecule has 1 atom stereocenters. The first kappa shape index (κ1) is 27.6. The molecule has 0 rings (SSSR count). The summed E-state index contributed by atoms with van der Waals surface area (Å²) in [6, 6.07) is -0.843. The third kappa shape index (κ3) is 15.5. The molecule has 170 valence electrons.